The molecule has 0 radical (unpaired) electrons. The van der Waals surface area contributed by atoms with Crippen molar-refractivity contribution in [1.82, 2.24) is 14.8 Å². The third-order valence-electron chi connectivity index (χ3n) is 4.99. The van der Waals surface area contributed by atoms with Crippen molar-refractivity contribution >= 4 is 11.6 Å². The van der Waals surface area contributed by atoms with Gasteiger partial charge in [0.05, 0.1) is 31.7 Å². The van der Waals surface area contributed by atoms with Crippen molar-refractivity contribution in [3.05, 3.63) is 18.5 Å². The van der Waals surface area contributed by atoms with Crippen LogP contribution < -0.4 is 9.64 Å². The molecular formula is C18H28N4O2. The van der Waals surface area contributed by atoms with Crippen molar-refractivity contribution in [2.45, 2.75) is 25.7 Å². The first-order chi connectivity index (χ1) is 11.8. The molecule has 0 bridgehead atoms. The summed E-state index contributed by atoms with van der Waals surface area (Å²) in [5.74, 6) is 1.08. The summed E-state index contributed by atoms with van der Waals surface area (Å²) in [7, 11) is 1.66. The largest absolute Gasteiger partial charge is 0.495 e. The van der Waals surface area contributed by atoms with Gasteiger partial charge in [0.15, 0.2) is 0 Å². The zero-order chi connectivity index (χ0) is 16.8. The molecule has 0 aliphatic carbocycles. The summed E-state index contributed by atoms with van der Waals surface area (Å²) in [6.45, 7) is 6.10. The fraction of sp³-hybridized carbons (Fsp3) is 0.667. The summed E-state index contributed by atoms with van der Waals surface area (Å²) in [5.41, 5.74) is 1.09. The lowest BCUT2D eigenvalue weighted by Gasteiger charge is -2.36. The van der Waals surface area contributed by atoms with E-state index in [-0.39, 0.29) is 0 Å². The topological polar surface area (TPSA) is 48.9 Å². The summed E-state index contributed by atoms with van der Waals surface area (Å²) in [6.07, 6.45) is 8.43. The van der Waals surface area contributed by atoms with Gasteiger partial charge >= 0.3 is 0 Å². The second-order valence-electron chi connectivity index (χ2n) is 6.64. The van der Waals surface area contributed by atoms with Gasteiger partial charge in [-0.25, -0.2) is 0 Å². The Morgan fingerprint density at radius 3 is 2.42 bits per heavy atom. The van der Waals surface area contributed by atoms with Crippen LogP contribution in [-0.4, -0.2) is 73.6 Å². The van der Waals surface area contributed by atoms with E-state index in [9.17, 15) is 4.79 Å². The number of rotatable bonds is 4. The molecule has 1 aromatic heterocycles. The highest BCUT2D eigenvalue weighted by Crippen LogP contribution is 2.20. The first kappa shape index (κ1) is 17.0. The van der Waals surface area contributed by atoms with Crippen LogP contribution in [0.4, 0.5) is 5.69 Å². The van der Waals surface area contributed by atoms with E-state index in [1.807, 2.05) is 12.3 Å². The van der Waals surface area contributed by atoms with Crippen molar-refractivity contribution in [3.63, 3.8) is 0 Å². The van der Waals surface area contributed by atoms with Crippen molar-refractivity contribution < 1.29 is 9.53 Å². The van der Waals surface area contributed by atoms with Crippen LogP contribution in [0.25, 0.3) is 0 Å². The van der Waals surface area contributed by atoms with E-state index in [1.165, 1.54) is 12.8 Å². The fourth-order valence-corrected chi connectivity index (χ4v) is 3.47. The van der Waals surface area contributed by atoms with Crippen LogP contribution in [0.15, 0.2) is 18.5 Å². The quantitative estimate of drug-likeness (QED) is 0.838. The molecule has 0 spiro atoms. The highest BCUT2D eigenvalue weighted by Gasteiger charge is 2.22. The second kappa shape index (κ2) is 8.33. The zero-order valence-electron chi connectivity index (χ0n) is 14.6. The fourth-order valence-electron chi connectivity index (χ4n) is 3.47. The molecule has 2 aliphatic rings. The summed E-state index contributed by atoms with van der Waals surface area (Å²) < 4.78 is 5.25. The molecule has 1 aromatic rings. The van der Waals surface area contributed by atoms with Gasteiger partial charge in [0.1, 0.15) is 5.75 Å². The first-order valence-electron chi connectivity index (χ1n) is 9.00. The van der Waals surface area contributed by atoms with Gasteiger partial charge in [-0.05, 0) is 12.8 Å². The lowest BCUT2D eigenvalue weighted by Crippen LogP contribution is -2.50. The van der Waals surface area contributed by atoms with Crippen LogP contribution in [0.2, 0.25) is 0 Å². The van der Waals surface area contributed by atoms with Gasteiger partial charge in [-0.3, -0.25) is 14.7 Å². The van der Waals surface area contributed by atoms with Crippen LogP contribution in [0, 0.1) is 0 Å². The number of piperazine rings is 1. The molecule has 0 N–H and O–H groups in total. The van der Waals surface area contributed by atoms with Gasteiger partial charge in [-0.1, -0.05) is 12.8 Å². The molecule has 0 atom stereocenters. The summed E-state index contributed by atoms with van der Waals surface area (Å²) in [4.78, 5) is 23.4. The molecule has 0 saturated carbocycles. The Balaban J connectivity index is 1.48. The Labute approximate surface area is 144 Å². The number of aromatic nitrogens is 1. The van der Waals surface area contributed by atoms with E-state index in [0.717, 1.165) is 63.5 Å². The average molecular weight is 332 g/mol. The van der Waals surface area contributed by atoms with Crippen molar-refractivity contribution in [3.8, 4) is 5.75 Å². The third kappa shape index (κ3) is 4.38. The van der Waals surface area contributed by atoms with Gasteiger partial charge in [0.2, 0.25) is 5.91 Å². The smallest absolute Gasteiger partial charge is 0.236 e. The Bertz CT molecular complexity index is 536. The zero-order valence-corrected chi connectivity index (χ0v) is 14.6. The van der Waals surface area contributed by atoms with Gasteiger partial charge in [0, 0.05) is 45.3 Å². The summed E-state index contributed by atoms with van der Waals surface area (Å²) in [5, 5.41) is 0. The normalized spacial score (nSPS) is 19.9. The maximum absolute atomic E-state index is 12.5. The Morgan fingerprint density at radius 1 is 1.04 bits per heavy atom. The molecule has 6 heteroatoms. The summed E-state index contributed by atoms with van der Waals surface area (Å²) in [6, 6.07) is 2.02. The van der Waals surface area contributed by atoms with Crippen molar-refractivity contribution in [1.29, 1.82) is 0 Å². The highest BCUT2D eigenvalue weighted by molar-refractivity contribution is 5.78. The molecule has 132 valence electrons. The minimum atomic E-state index is 0.299. The Hall–Kier alpha value is -1.82. The predicted octanol–water partition coefficient (Wildman–Crippen LogP) is 1.61. The minimum Gasteiger partial charge on any atom is -0.495 e. The molecule has 6 nitrogen and oxygen atoms in total. The van der Waals surface area contributed by atoms with Crippen molar-refractivity contribution in [2.75, 3.05) is 57.8 Å². The number of nitrogens with zero attached hydrogens (tertiary/aromatic N) is 4. The molecule has 0 aromatic carbocycles. The number of likely N-dealkylation sites (tertiary alicyclic amines) is 1. The number of hydrogen-bond donors (Lipinski definition) is 0. The molecule has 2 saturated heterocycles. The molecule has 24 heavy (non-hydrogen) atoms. The SMILES string of the molecule is COc1cncc(N2CCN(CC(=O)N3CCCCCC3)CC2)c1. The van der Waals surface area contributed by atoms with Crippen LogP contribution in [-0.2, 0) is 4.79 Å². The van der Waals surface area contributed by atoms with Gasteiger partial charge in [0.25, 0.3) is 0 Å². The molecule has 3 heterocycles. The molecule has 3 rings (SSSR count). The number of carbonyl (C=O) groups is 1. The maximum atomic E-state index is 12.5. The van der Waals surface area contributed by atoms with Crippen LogP contribution in [0.5, 0.6) is 5.75 Å². The van der Waals surface area contributed by atoms with Crippen LogP contribution in [0.3, 0.4) is 0 Å². The number of ether oxygens (including phenoxy) is 1. The lowest BCUT2D eigenvalue weighted by atomic mass is 10.2. The minimum absolute atomic E-state index is 0.299. The van der Waals surface area contributed by atoms with E-state index in [2.05, 4.69) is 19.7 Å². The van der Waals surface area contributed by atoms with Crippen LogP contribution >= 0.6 is 0 Å². The first-order valence-corrected chi connectivity index (χ1v) is 9.00. The lowest BCUT2D eigenvalue weighted by molar-refractivity contribution is -0.132. The van der Waals surface area contributed by atoms with E-state index in [0.29, 0.717) is 12.5 Å². The monoisotopic (exact) mass is 332 g/mol. The summed E-state index contributed by atoms with van der Waals surface area (Å²) >= 11 is 0. The molecular weight excluding hydrogens is 304 g/mol. The van der Waals surface area contributed by atoms with Crippen molar-refractivity contribution in [2.24, 2.45) is 0 Å². The standard InChI is InChI=1S/C18H28N4O2/c1-24-17-12-16(13-19-14-17)21-10-8-20(9-11-21)15-18(23)22-6-4-2-3-5-7-22/h12-14H,2-11,15H2,1H3. The molecule has 1 amide bonds. The number of carbonyl (C=O) groups excluding carboxylic acids is 1. The molecule has 0 unspecified atom stereocenters. The molecule has 2 fully saturated rings. The van der Waals surface area contributed by atoms with E-state index >= 15 is 0 Å². The number of anilines is 1. The Kier molecular flexibility index (Phi) is 5.91. The Morgan fingerprint density at radius 2 is 1.75 bits per heavy atom. The third-order valence-corrected chi connectivity index (χ3v) is 4.99. The van der Waals surface area contributed by atoms with Crippen LogP contribution in [0.1, 0.15) is 25.7 Å². The number of methoxy groups -OCH3 is 1. The van der Waals surface area contributed by atoms with E-state index < -0.39 is 0 Å². The van der Waals surface area contributed by atoms with E-state index in [4.69, 9.17) is 4.74 Å². The number of amides is 1. The second-order valence-corrected chi connectivity index (χ2v) is 6.64. The predicted molar refractivity (Wildman–Crippen MR) is 94.5 cm³/mol. The number of pyridine rings is 1. The van der Waals surface area contributed by atoms with Gasteiger partial charge < -0.3 is 14.5 Å². The average Bonchev–Trinajstić information content (AvgIpc) is 2.92. The van der Waals surface area contributed by atoms with Gasteiger partial charge in [-0.15, -0.1) is 0 Å². The van der Waals surface area contributed by atoms with E-state index in [1.54, 1.807) is 13.3 Å². The molecule has 2 aliphatic heterocycles. The maximum Gasteiger partial charge on any atom is 0.236 e. The van der Waals surface area contributed by atoms with Gasteiger partial charge in [-0.2, -0.15) is 0 Å². The number of hydrogen-bond acceptors (Lipinski definition) is 5. The highest BCUT2D eigenvalue weighted by atomic mass is 16.5.